The molecule has 0 aromatic heterocycles. The van der Waals surface area contributed by atoms with Gasteiger partial charge in [-0.05, 0) is 25.1 Å². The molecule has 15 heavy (non-hydrogen) atoms. The Labute approximate surface area is 98.4 Å². The van der Waals surface area contributed by atoms with Gasteiger partial charge in [-0.1, -0.05) is 38.5 Å². The molecule has 2 nitrogen and oxygen atoms in total. The average molecular weight is 224 g/mol. The van der Waals surface area contributed by atoms with Crippen LogP contribution >= 0.6 is 12.2 Å². The van der Waals surface area contributed by atoms with Gasteiger partial charge in [-0.3, -0.25) is 0 Å². The quantitative estimate of drug-likeness (QED) is 0.318. The molecule has 0 N–H and O–H groups in total. The lowest BCUT2D eigenvalue weighted by atomic mass is 10.1. The maximum atomic E-state index is 8.34. The average Bonchev–Trinajstić information content (AvgIpc) is 2.26. The summed E-state index contributed by atoms with van der Waals surface area (Å²) in [6, 6.07) is 2.17. The van der Waals surface area contributed by atoms with Crippen LogP contribution in [0.15, 0.2) is 4.99 Å². The number of rotatable bonds is 10. The van der Waals surface area contributed by atoms with Gasteiger partial charge in [0.05, 0.1) is 11.2 Å². The number of nitrogens with zero attached hydrogens (tertiary/aromatic N) is 2. The Morgan fingerprint density at radius 3 is 1.93 bits per heavy atom. The number of hydrogen-bond acceptors (Lipinski definition) is 3. The van der Waals surface area contributed by atoms with E-state index in [0.29, 0.717) is 0 Å². The maximum absolute atomic E-state index is 8.34. The first kappa shape index (κ1) is 14.3. The van der Waals surface area contributed by atoms with Gasteiger partial charge in [0, 0.05) is 13.0 Å². The minimum absolute atomic E-state index is 0.718. The fourth-order valence-electron chi connectivity index (χ4n) is 1.50. The standard InChI is InChI=1S/C12H20N2S/c13-10-8-6-4-2-1-3-5-7-9-11-14-12-15/h1-9,11H2. The van der Waals surface area contributed by atoms with Gasteiger partial charge < -0.3 is 0 Å². The fourth-order valence-corrected chi connectivity index (χ4v) is 1.59. The van der Waals surface area contributed by atoms with Crippen LogP contribution < -0.4 is 0 Å². The topological polar surface area (TPSA) is 36.1 Å². The maximum Gasteiger partial charge on any atom is 0.0621 e. The molecule has 0 aliphatic rings. The van der Waals surface area contributed by atoms with Crippen LogP contribution in [0.1, 0.15) is 57.8 Å². The smallest absolute Gasteiger partial charge is 0.0621 e. The molecule has 0 radical (unpaired) electrons. The third-order valence-corrected chi connectivity index (χ3v) is 2.50. The van der Waals surface area contributed by atoms with Crippen molar-refractivity contribution in [1.29, 1.82) is 5.26 Å². The van der Waals surface area contributed by atoms with E-state index >= 15 is 0 Å². The number of unbranched alkanes of at least 4 members (excludes halogenated alkanes) is 8. The Morgan fingerprint density at radius 2 is 1.40 bits per heavy atom. The minimum atomic E-state index is 0.718. The summed E-state index contributed by atoms with van der Waals surface area (Å²) in [6.45, 7) is 0.839. The van der Waals surface area contributed by atoms with Gasteiger partial charge in [-0.2, -0.15) is 5.26 Å². The Balaban J connectivity index is 2.93. The van der Waals surface area contributed by atoms with Crippen molar-refractivity contribution in [2.24, 2.45) is 4.99 Å². The zero-order valence-corrected chi connectivity index (χ0v) is 10.2. The van der Waals surface area contributed by atoms with Crippen molar-refractivity contribution >= 4 is 17.4 Å². The number of nitriles is 1. The summed E-state index contributed by atoms with van der Waals surface area (Å²) >= 11 is 4.48. The van der Waals surface area contributed by atoms with Crippen molar-refractivity contribution < 1.29 is 0 Å². The molecule has 0 atom stereocenters. The molecule has 0 saturated carbocycles. The van der Waals surface area contributed by atoms with Crippen LogP contribution in [0.25, 0.3) is 0 Å². The van der Waals surface area contributed by atoms with Crippen molar-refractivity contribution in [3.8, 4) is 6.07 Å². The minimum Gasteiger partial charge on any atom is -0.233 e. The van der Waals surface area contributed by atoms with Crippen LogP contribution in [-0.4, -0.2) is 11.7 Å². The molecule has 0 aromatic carbocycles. The van der Waals surface area contributed by atoms with Crippen LogP contribution in [0.4, 0.5) is 0 Å². The van der Waals surface area contributed by atoms with Gasteiger partial charge in [-0.25, -0.2) is 4.99 Å². The molecule has 0 heterocycles. The molecule has 0 rings (SSSR count). The van der Waals surface area contributed by atoms with Crippen LogP contribution in [0, 0.1) is 11.3 Å². The molecule has 0 aromatic rings. The number of thiocarbonyl (C=S) groups is 1. The normalized spacial score (nSPS) is 9.27. The lowest BCUT2D eigenvalue weighted by Crippen LogP contribution is -1.83. The van der Waals surface area contributed by atoms with E-state index in [2.05, 4.69) is 28.4 Å². The van der Waals surface area contributed by atoms with Crippen LogP contribution in [0.5, 0.6) is 0 Å². The summed E-state index contributed by atoms with van der Waals surface area (Å²) in [5, 5.41) is 10.7. The summed E-state index contributed by atoms with van der Waals surface area (Å²) in [5.74, 6) is 0. The Bertz CT molecular complexity index is 214. The molecule has 0 fully saturated rings. The van der Waals surface area contributed by atoms with Crippen LogP contribution in [0.2, 0.25) is 0 Å². The van der Waals surface area contributed by atoms with E-state index < -0.39 is 0 Å². The predicted octanol–water partition coefficient (Wildman–Crippen LogP) is 4.12. The van der Waals surface area contributed by atoms with E-state index in [4.69, 9.17) is 5.26 Å². The largest absolute Gasteiger partial charge is 0.233 e. The van der Waals surface area contributed by atoms with E-state index in [1.54, 1.807) is 0 Å². The molecule has 0 bridgehead atoms. The van der Waals surface area contributed by atoms with Gasteiger partial charge in [0.2, 0.25) is 0 Å². The van der Waals surface area contributed by atoms with Crippen molar-refractivity contribution in [2.75, 3.05) is 6.54 Å². The summed E-state index contributed by atoms with van der Waals surface area (Å²) in [6.07, 6.45) is 10.6. The molecular weight excluding hydrogens is 204 g/mol. The first-order valence-electron chi connectivity index (χ1n) is 5.82. The monoisotopic (exact) mass is 224 g/mol. The summed E-state index contributed by atoms with van der Waals surface area (Å²) in [4.78, 5) is 3.87. The lowest BCUT2D eigenvalue weighted by Gasteiger charge is -1.99. The molecule has 3 heteroatoms. The van der Waals surface area contributed by atoms with Crippen LogP contribution in [-0.2, 0) is 0 Å². The molecule has 0 unspecified atom stereocenters. The third-order valence-electron chi connectivity index (χ3n) is 2.37. The zero-order chi connectivity index (χ0) is 11.2. The molecular formula is C12H20N2S. The Hall–Kier alpha value is -0.710. The van der Waals surface area contributed by atoms with Gasteiger partial charge in [-0.15, -0.1) is 0 Å². The summed E-state index contributed by atoms with van der Waals surface area (Å²) in [7, 11) is 0. The van der Waals surface area contributed by atoms with E-state index in [1.165, 1.54) is 38.5 Å². The number of isothiocyanates is 1. The highest BCUT2D eigenvalue weighted by molar-refractivity contribution is 7.78. The zero-order valence-electron chi connectivity index (χ0n) is 9.37. The second-order valence-electron chi connectivity index (χ2n) is 3.71. The van der Waals surface area contributed by atoms with Crippen molar-refractivity contribution in [1.82, 2.24) is 0 Å². The first-order valence-corrected chi connectivity index (χ1v) is 6.23. The molecule has 0 aliphatic heterocycles. The predicted molar refractivity (Wildman–Crippen MR) is 67.1 cm³/mol. The van der Waals surface area contributed by atoms with Gasteiger partial charge in [0.25, 0.3) is 0 Å². The highest BCUT2D eigenvalue weighted by atomic mass is 32.1. The van der Waals surface area contributed by atoms with E-state index in [9.17, 15) is 0 Å². The fraction of sp³-hybridized carbons (Fsp3) is 0.833. The third kappa shape index (κ3) is 13.3. The molecule has 84 valence electrons. The van der Waals surface area contributed by atoms with Crippen molar-refractivity contribution in [2.45, 2.75) is 57.8 Å². The van der Waals surface area contributed by atoms with E-state index in [0.717, 1.165) is 25.8 Å². The molecule has 0 aliphatic carbocycles. The number of aliphatic imine (C=N–C) groups is 1. The van der Waals surface area contributed by atoms with Crippen molar-refractivity contribution in [3.05, 3.63) is 0 Å². The van der Waals surface area contributed by atoms with Crippen molar-refractivity contribution in [3.63, 3.8) is 0 Å². The SMILES string of the molecule is N#CCCCCCCCCCCN=C=S. The van der Waals surface area contributed by atoms with Crippen LogP contribution in [0.3, 0.4) is 0 Å². The van der Waals surface area contributed by atoms with Gasteiger partial charge in [0.15, 0.2) is 0 Å². The Kier molecular flexibility index (Phi) is 12.7. The number of hydrogen-bond donors (Lipinski definition) is 0. The Morgan fingerprint density at radius 1 is 0.867 bits per heavy atom. The van der Waals surface area contributed by atoms with Gasteiger partial charge in [0.1, 0.15) is 0 Å². The summed E-state index contributed by atoms with van der Waals surface area (Å²) < 4.78 is 0. The molecule has 0 saturated heterocycles. The highest BCUT2D eigenvalue weighted by Crippen LogP contribution is 2.09. The second kappa shape index (κ2) is 13.3. The molecule has 0 amide bonds. The van der Waals surface area contributed by atoms with Gasteiger partial charge >= 0.3 is 0 Å². The van der Waals surface area contributed by atoms with E-state index in [-0.39, 0.29) is 0 Å². The molecule has 0 spiro atoms. The second-order valence-corrected chi connectivity index (χ2v) is 3.89. The summed E-state index contributed by atoms with van der Waals surface area (Å²) in [5.41, 5.74) is 0. The lowest BCUT2D eigenvalue weighted by molar-refractivity contribution is 0.573. The first-order chi connectivity index (χ1) is 7.41. The highest BCUT2D eigenvalue weighted by Gasteiger charge is 1.91. The van der Waals surface area contributed by atoms with E-state index in [1.807, 2.05) is 0 Å².